The Bertz CT molecular complexity index is 1810. The van der Waals surface area contributed by atoms with Crippen LogP contribution in [0.25, 0.3) is 0 Å². The quantitative estimate of drug-likeness (QED) is 0.0441. The zero-order chi connectivity index (χ0) is 39.4. The van der Waals surface area contributed by atoms with Gasteiger partial charge in [-0.3, -0.25) is 4.55 Å². The summed E-state index contributed by atoms with van der Waals surface area (Å²) in [7, 11) is -9.33. The molecule has 4 rings (SSSR count). The Hall–Kier alpha value is -2.84. The van der Waals surface area contributed by atoms with Crippen molar-refractivity contribution in [2.45, 2.75) is 126 Å². The van der Waals surface area contributed by atoms with Crippen LogP contribution in [0.5, 0.6) is 34.5 Å². The Morgan fingerprint density at radius 1 is 0.545 bits per heavy atom. The predicted molar refractivity (Wildman–Crippen MR) is 214 cm³/mol. The normalized spacial score (nSPS) is 11.3. The number of phenols is 1. The van der Waals surface area contributed by atoms with Gasteiger partial charge in [-0.1, -0.05) is 127 Å². The molecule has 0 bridgehead atoms. The van der Waals surface area contributed by atoms with E-state index in [4.69, 9.17) is 14.0 Å². The second kappa shape index (κ2) is 25.4. The van der Waals surface area contributed by atoms with E-state index in [-0.39, 0.29) is 49.2 Å². The van der Waals surface area contributed by atoms with Crippen molar-refractivity contribution in [1.29, 1.82) is 0 Å². The smallest absolute Gasteiger partial charge is 0.872 e. The van der Waals surface area contributed by atoms with Gasteiger partial charge in [0.05, 0.1) is 4.90 Å². The topological polar surface area (TPSA) is 173 Å². The average Bonchev–Trinajstić information content (AvgIpc) is 3.12. The van der Waals surface area contributed by atoms with Crippen molar-refractivity contribution in [3.05, 3.63) is 96.1 Å². The first-order valence-corrected chi connectivity index (χ1v) is 21.8. The van der Waals surface area contributed by atoms with Gasteiger partial charge in [-0.2, -0.15) is 8.42 Å². The van der Waals surface area contributed by atoms with Gasteiger partial charge >= 0.3 is 37.7 Å². The van der Waals surface area contributed by atoms with E-state index >= 15 is 0 Å². The number of aromatic hydroxyl groups is 1. The molecule has 0 amide bonds. The van der Waals surface area contributed by atoms with E-state index in [0.717, 1.165) is 55.0 Å². The Morgan fingerprint density at radius 2 is 0.945 bits per heavy atom. The molecule has 0 radical (unpaired) electrons. The van der Waals surface area contributed by atoms with Gasteiger partial charge in [0.1, 0.15) is 43.8 Å². The van der Waals surface area contributed by atoms with Crippen LogP contribution >= 0.6 is 0 Å². The molecule has 0 aliphatic rings. The molecule has 55 heavy (non-hydrogen) atoms. The van der Waals surface area contributed by atoms with Crippen molar-refractivity contribution < 1.29 is 45.6 Å². The van der Waals surface area contributed by atoms with Crippen LogP contribution in [0, 0.1) is 0 Å². The monoisotopic (exact) mass is 822 g/mol. The molecule has 0 heterocycles. The summed E-state index contributed by atoms with van der Waals surface area (Å²) in [5.41, 5.74) is 2.30. The predicted octanol–water partition coefficient (Wildman–Crippen LogP) is 10.1. The third-order valence-corrected chi connectivity index (χ3v) is 10.5. The van der Waals surface area contributed by atoms with Crippen LogP contribution in [0.1, 0.15) is 115 Å². The van der Waals surface area contributed by atoms with Crippen molar-refractivity contribution in [3.63, 3.8) is 0 Å². The number of hydrogen-bond acceptors (Lipinski definition) is 9. The fourth-order valence-corrected chi connectivity index (χ4v) is 7.06. The SMILES string of the molecule is CCCCCCCCCc1cccc(Oc2ccc(O)c(S(=O)(=O)O)c2)c1.CCCCCCCCCc1cccc(Oc2ccc([O-])c(S(=O)(=O)[O-])c2)c1.[Ca+2]. The number of ether oxygens (including phenoxy) is 2. The van der Waals surface area contributed by atoms with Gasteiger partial charge in [0, 0.05) is 6.07 Å². The molecule has 13 heteroatoms. The molecule has 0 aliphatic heterocycles. The van der Waals surface area contributed by atoms with Crippen molar-refractivity contribution >= 4 is 58.0 Å². The molecule has 296 valence electrons. The Morgan fingerprint density at radius 3 is 1.38 bits per heavy atom. The number of phenolic OH excluding ortho intramolecular Hbond substituents is 1. The fourth-order valence-electron chi connectivity index (χ4n) is 5.89. The van der Waals surface area contributed by atoms with Crippen molar-refractivity contribution in [1.82, 2.24) is 0 Å². The van der Waals surface area contributed by atoms with Gasteiger partial charge in [-0.05, 0) is 85.3 Å². The van der Waals surface area contributed by atoms with Crippen LogP contribution in [0.2, 0.25) is 0 Å². The maximum atomic E-state index is 11.5. The molecule has 0 saturated carbocycles. The fraction of sp³-hybridized carbons (Fsp3) is 0.429. The molecule has 0 fully saturated rings. The Balaban J connectivity index is 0.000000373. The van der Waals surface area contributed by atoms with Crippen LogP contribution in [0.15, 0.2) is 94.7 Å². The molecular formula is C42H54CaO10S2. The van der Waals surface area contributed by atoms with Crippen molar-refractivity contribution in [3.8, 4) is 34.5 Å². The van der Waals surface area contributed by atoms with E-state index in [1.807, 2.05) is 36.4 Å². The number of hydrogen-bond donors (Lipinski definition) is 2. The van der Waals surface area contributed by atoms with E-state index in [1.165, 1.54) is 95.2 Å². The summed E-state index contributed by atoms with van der Waals surface area (Å²) in [4.78, 5) is -1.36. The summed E-state index contributed by atoms with van der Waals surface area (Å²) in [5.74, 6) is 0.166. The summed E-state index contributed by atoms with van der Waals surface area (Å²) in [5, 5.41) is 21.1. The first-order chi connectivity index (χ1) is 25.8. The maximum Gasteiger partial charge on any atom is 2.00 e. The van der Waals surface area contributed by atoms with Crippen molar-refractivity contribution in [2.24, 2.45) is 0 Å². The number of rotatable bonds is 22. The number of aryl methyl sites for hydroxylation is 2. The van der Waals surface area contributed by atoms with E-state index < -0.39 is 41.5 Å². The van der Waals surface area contributed by atoms with Gasteiger partial charge < -0.3 is 24.2 Å². The van der Waals surface area contributed by atoms with Gasteiger partial charge in [-0.15, -0.1) is 0 Å². The van der Waals surface area contributed by atoms with Crippen LogP contribution in [0.4, 0.5) is 0 Å². The Labute approximate surface area is 357 Å². The average molecular weight is 823 g/mol. The molecule has 10 nitrogen and oxygen atoms in total. The van der Waals surface area contributed by atoms with Crippen LogP contribution in [0.3, 0.4) is 0 Å². The van der Waals surface area contributed by atoms with E-state index in [0.29, 0.717) is 11.5 Å². The minimum Gasteiger partial charge on any atom is -0.872 e. The minimum absolute atomic E-state index is 0. The second-order valence-corrected chi connectivity index (χ2v) is 16.1. The van der Waals surface area contributed by atoms with Gasteiger partial charge in [-0.25, -0.2) is 8.42 Å². The van der Waals surface area contributed by atoms with Crippen molar-refractivity contribution in [2.75, 3.05) is 0 Å². The van der Waals surface area contributed by atoms with Crippen LogP contribution in [-0.2, 0) is 33.1 Å². The molecule has 0 atom stereocenters. The minimum atomic E-state index is -4.82. The van der Waals surface area contributed by atoms with E-state index in [9.17, 15) is 31.6 Å². The largest absolute Gasteiger partial charge is 2.00 e. The van der Waals surface area contributed by atoms with Gasteiger partial charge in [0.25, 0.3) is 10.1 Å². The number of unbranched alkanes of at least 4 members (excludes halogenated alkanes) is 12. The molecular weight excluding hydrogens is 769 g/mol. The zero-order valence-electron chi connectivity index (χ0n) is 32.1. The Kier molecular flexibility index (Phi) is 22.3. The maximum absolute atomic E-state index is 11.5. The van der Waals surface area contributed by atoms with Crippen LogP contribution < -0.4 is 14.6 Å². The second-order valence-electron chi connectivity index (χ2n) is 13.4. The summed E-state index contributed by atoms with van der Waals surface area (Å²) in [6.45, 7) is 4.43. The molecule has 4 aromatic rings. The number of benzene rings is 4. The summed E-state index contributed by atoms with van der Waals surface area (Å²) < 4.78 is 76.4. The van der Waals surface area contributed by atoms with E-state index in [1.54, 1.807) is 12.1 Å². The summed E-state index contributed by atoms with van der Waals surface area (Å²) >= 11 is 0. The third kappa shape index (κ3) is 18.8. The summed E-state index contributed by atoms with van der Waals surface area (Å²) in [6, 6.07) is 22.3. The first kappa shape index (κ1) is 48.3. The van der Waals surface area contributed by atoms with Gasteiger partial charge in [0.2, 0.25) is 0 Å². The zero-order valence-corrected chi connectivity index (χ0v) is 35.9. The van der Waals surface area contributed by atoms with Gasteiger partial charge in [0.15, 0.2) is 0 Å². The molecule has 2 N–H and O–H groups in total. The molecule has 0 saturated heterocycles. The van der Waals surface area contributed by atoms with Crippen LogP contribution in [-0.4, -0.2) is 68.8 Å². The molecule has 4 aromatic carbocycles. The third-order valence-electron chi connectivity index (χ3n) is 8.80. The molecule has 0 aliphatic carbocycles. The molecule has 0 aromatic heterocycles. The summed E-state index contributed by atoms with van der Waals surface area (Å²) in [6.07, 6.45) is 19.4. The first-order valence-electron chi connectivity index (χ1n) is 18.9. The molecule has 0 spiro atoms. The molecule has 0 unspecified atom stereocenters. The standard InChI is InChI=1S/2C21H28O5S.Ca/c2*1-2-3-4-5-6-7-8-10-17-11-9-12-18(15-17)26-19-13-14-20(22)21(16-19)27(23,24)25;/h2*9,11-16,22H,2-8,10H2,1H3,(H,23,24,25);/q;;+2/p-2. The van der Waals surface area contributed by atoms with E-state index in [2.05, 4.69) is 13.8 Å².